The van der Waals surface area contributed by atoms with Gasteiger partial charge in [-0.05, 0) is 37.0 Å². The topological polar surface area (TPSA) is 64.2 Å². The van der Waals surface area contributed by atoms with E-state index in [9.17, 15) is 4.79 Å². The first kappa shape index (κ1) is 17.2. The van der Waals surface area contributed by atoms with Crippen LogP contribution in [0.15, 0.2) is 57.9 Å². The molecule has 142 valence electrons. The van der Waals surface area contributed by atoms with E-state index in [2.05, 4.69) is 10.00 Å². The second-order valence-electron chi connectivity index (χ2n) is 7.00. The molecule has 1 aliphatic rings. The minimum absolute atomic E-state index is 0.159. The molecule has 1 saturated heterocycles. The molecule has 0 bridgehead atoms. The fourth-order valence-electron chi connectivity index (χ4n) is 3.61. The van der Waals surface area contributed by atoms with Gasteiger partial charge < -0.3 is 9.32 Å². The fourth-order valence-corrected chi connectivity index (χ4v) is 4.71. The SMILES string of the molecule is O=c1c2nc(N3CCCCC3)sc2c(-c2ccco2)nn1Cc1ccccc1. The van der Waals surface area contributed by atoms with Crippen molar-refractivity contribution in [2.24, 2.45) is 0 Å². The molecule has 0 radical (unpaired) electrons. The fraction of sp³-hybridized carbons (Fsp3) is 0.286. The Morgan fingerprint density at radius 2 is 1.86 bits per heavy atom. The van der Waals surface area contributed by atoms with Crippen LogP contribution < -0.4 is 10.5 Å². The van der Waals surface area contributed by atoms with Gasteiger partial charge in [-0.2, -0.15) is 5.10 Å². The molecule has 4 heterocycles. The molecule has 7 heteroatoms. The monoisotopic (exact) mass is 392 g/mol. The van der Waals surface area contributed by atoms with Crippen LogP contribution in [0.2, 0.25) is 0 Å². The van der Waals surface area contributed by atoms with E-state index in [1.165, 1.54) is 22.4 Å². The Kier molecular flexibility index (Phi) is 4.44. The van der Waals surface area contributed by atoms with Gasteiger partial charge in [0.15, 0.2) is 16.4 Å². The molecule has 6 nitrogen and oxygen atoms in total. The van der Waals surface area contributed by atoms with Crippen LogP contribution >= 0.6 is 11.3 Å². The minimum atomic E-state index is -0.159. The number of hydrogen-bond acceptors (Lipinski definition) is 6. The molecule has 0 unspecified atom stereocenters. The quantitative estimate of drug-likeness (QED) is 0.522. The third-order valence-electron chi connectivity index (χ3n) is 5.04. The Labute approximate surface area is 166 Å². The van der Waals surface area contributed by atoms with E-state index < -0.39 is 0 Å². The molecular formula is C21H20N4O2S. The molecule has 0 N–H and O–H groups in total. The van der Waals surface area contributed by atoms with Crippen molar-refractivity contribution in [2.45, 2.75) is 25.8 Å². The van der Waals surface area contributed by atoms with E-state index >= 15 is 0 Å². The number of anilines is 1. The predicted octanol–water partition coefficient (Wildman–Crippen LogP) is 4.15. The Balaban J connectivity index is 1.66. The summed E-state index contributed by atoms with van der Waals surface area (Å²) in [4.78, 5) is 20.2. The number of benzene rings is 1. The van der Waals surface area contributed by atoms with Crippen molar-refractivity contribution < 1.29 is 4.42 Å². The van der Waals surface area contributed by atoms with Crippen LogP contribution in [0, 0.1) is 0 Å². The average molecular weight is 392 g/mol. The maximum atomic E-state index is 13.1. The summed E-state index contributed by atoms with van der Waals surface area (Å²) < 4.78 is 7.91. The summed E-state index contributed by atoms with van der Waals surface area (Å²) in [5.41, 5.74) is 2.01. The third-order valence-corrected chi connectivity index (χ3v) is 6.17. The Morgan fingerprint density at radius 1 is 1.04 bits per heavy atom. The van der Waals surface area contributed by atoms with Crippen LogP contribution in [-0.2, 0) is 6.54 Å². The van der Waals surface area contributed by atoms with Crippen molar-refractivity contribution in [1.29, 1.82) is 0 Å². The van der Waals surface area contributed by atoms with Crippen molar-refractivity contribution >= 4 is 26.7 Å². The standard InChI is InChI=1S/C21H20N4O2S/c26-20-18-19(28-21(22-18)24-11-5-2-6-12-24)17(16-10-7-13-27-16)23-25(20)14-15-8-3-1-4-9-15/h1,3-4,7-10,13H,2,5-6,11-12,14H2. The summed E-state index contributed by atoms with van der Waals surface area (Å²) in [6.07, 6.45) is 5.21. The maximum Gasteiger partial charge on any atom is 0.294 e. The van der Waals surface area contributed by atoms with Gasteiger partial charge in [-0.1, -0.05) is 41.7 Å². The number of thiazole rings is 1. The van der Waals surface area contributed by atoms with Crippen LogP contribution in [-0.4, -0.2) is 27.9 Å². The zero-order valence-electron chi connectivity index (χ0n) is 15.4. The number of furan rings is 1. The van der Waals surface area contributed by atoms with Gasteiger partial charge in [0.2, 0.25) is 0 Å². The number of hydrogen-bond donors (Lipinski definition) is 0. The first-order valence-corrected chi connectivity index (χ1v) is 10.4. The molecule has 3 aromatic heterocycles. The lowest BCUT2D eigenvalue weighted by atomic mass is 10.1. The van der Waals surface area contributed by atoms with E-state index in [4.69, 9.17) is 9.40 Å². The molecule has 0 aliphatic carbocycles. The van der Waals surface area contributed by atoms with Crippen molar-refractivity contribution in [1.82, 2.24) is 14.8 Å². The van der Waals surface area contributed by atoms with Crippen LogP contribution in [0.4, 0.5) is 5.13 Å². The normalized spacial score (nSPS) is 14.6. The predicted molar refractivity (Wildman–Crippen MR) is 111 cm³/mol. The van der Waals surface area contributed by atoms with E-state index in [1.807, 2.05) is 42.5 Å². The van der Waals surface area contributed by atoms with Crippen LogP contribution in [0.5, 0.6) is 0 Å². The Morgan fingerprint density at radius 3 is 2.61 bits per heavy atom. The Hall–Kier alpha value is -2.93. The number of piperidine rings is 1. The first-order chi connectivity index (χ1) is 13.8. The van der Waals surface area contributed by atoms with Gasteiger partial charge in [0.05, 0.1) is 17.5 Å². The molecule has 1 aliphatic heterocycles. The number of nitrogens with zero attached hydrogens (tertiary/aromatic N) is 4. The highest BCUT2D eigenvalue weighted by Crippen LogP contribution is 2.34. The Bertz CT molecular complexity index is 1140. The van der Waals surface area contributed by atoms with Crippen molar-refractivity contribution in [3.63, 3.8) is 0 Å². The van der Waals surface area contributed by atoms with Gasteiger partial charge in [-0.15, -0.1) is 0 Å². The largest absolute Gasteiger partial charge is 0.463 e. The molecule has 0 saturated carbocycles. The lowest BCUT2D eigenvalue weighted by Gasteiger charge is -2.25. The molecule has 1 fully saturated rings. The minimum Gasteiger partial charge on any atom is -0.463 e. The van der Waals surface area contributed by atoms with Crippen molar-refractivity contribution in [3.8, 4) is 11.5 Å². The molecule has 0 atom stereocenters. The summed E-state index contributed by atoms with van der Waals surface area (Å²) >= 11 is 1.54. The molecular weight excluding hydrogens is 372 g/mol. The molecule has 0 spiro atoms. The third kappa shape index (κ3) is 3.11. The van der Waals surface area contributed by atoms with Crippen molar-refractivity contribution in [3.05, 3.63) is 64.6 Å². The van der Waals surface area contributed by atoms with Gasteiger partial charge in [-0.3, -0.25) is 4.79 Å². The molecule has 0 amide bonds. The van der Waals surface area contributed by atoms with Crippen LogP contribution in [0.3, 0.4) is 0 Å². The highest BCUT2D eigenvalue weighted by atomic mass is 32.1. The summed E-state index contributed by atoms with van der Waals surface area (Å²) in [7, 11) is 0. The highest BCUT2D eigenvalue weighted by molar-refractivity contribution is 7.22. The lowest BCUT2D eigenvalue weighted by Crippen LogP contribution is -2.29. The van der Waals surface area contributed by atoms with Gasteiger partial charge >= 0.3 is 0 Å². The summed E-state index contributed by atoms with van der Waals surface area (Å²) in [5, 5.41) is 5.56. The van der Waals surface area contributed by atoms with E-state index in [0.717, 1.165) is 41.3 Å². The summed E-state index contributed by atoms with van der Waals surface area (Å²) in [6.45, 7) is 2.38. The molecule has 28 heavy (non-hydrogen) atoms. The smallest absolute Gasteiger partial charge is 0.294 e. The second-order valence-corrected chi connectivity index (χ2v) is 7.97. The summed E-state index contributed by atoms with van der Waals surface area (Å²) in [6, 6.07) is 13.6. The molecule has 1 aromatic carbocycles. The van der Waals surface area contributed by atoms with E-state index in [-0.39, 0.29) is 5.56 Å². The van der Waals surface area contributed by atoms with Gasteiger partial charge in [0.1, 0.15) is 5.69 Å². The van der Waals surface area contributed by atoms with Crippen LogP contribution in [0.25, 0.3) is 21.7 Å². The zero-order valence-corrected chi connectivity index (χ0v) is 16.2. The average Bonchev–Trinajstić information content (AvgIpc) is 3.42. The lowest BCUT2D eigenvalue weighted by molar-refractivity contribution is 0.571. The number of rotatable bonds is 4. The first-order valence-electron chi connectivity index (χ1n) is 9.54. The highest BCUT2D eigenvalue weighted by Gasteiger charge is 2.22. The van der Waals surface area contributed by atoms with Gasteiger partial charge in [0, 0.05) is 13.1 Å². The van der Waals surface area contributed by atoms with E-state index in [0.29, 0.717) is 23.5 Å². The molecule has 5 rings (SSSR count). The van der Waals surface area contributed by atoms with E-state index in [1.54, 1.807) is 6.26 Å². The zero-order chi connectivity index (χ0) is 18.9. The van der Waals surface area contributed by atoms with Crippen LogP contribution in [0.1, 0.15) is 24.8 Å². The van der Waals surface area contributed by atoms with Crippen molar-refractivity contribution in [2.75, 3.05) is 18.0 Å². The maximum absolute atomic E-state index is 13.1. The summed E-state index contributed by atoms with van der Waals surface area (Å²) in [5.74, 6) is 0.653. The second kappa shape index (κ2) is 7.24. The van der Waals surface area contributed by atoms with Gasteiger partial charge in [-0.25, -0.2) is 9.67 Å². The molecule has 4 aromatic rings. The number of aromatic nitrogens is 3. The van der Waals surface area contributed by atoms with Gasteiger partial charge in [0.25, 0.3) is 5.56 Å². The number of fused-ring (bicyclic) bond motifs is 1.